The number of allylic oxidation sites excluding steroid dienone is 4. The molecule has 445 valence electrons. The third kappa shape index (κ3) is 35.8. The molecule has 2 aliphatic heterocycles. The molecular formula is C47H82Cl2F12O5P4Rh2Sb2+. The quantitative estimate of drug-likeness (QED) is 0.0763. The maximum atomic E-state index is 9.91. The van der Waals surface area contributed by atoms with Gasteiger partial charge in [-0.05, 0) is 119 Å². The molecule has 0 N–H and O–H groups in total. The second kappa shape index (κ2) is 32.1. The summed E-state index contributed by atoms with van der Waals surface area (Å²) in [6.07, 6.45) is 14.6. The van der Waals surface area contributed by atoms with Gasteiger partial charge in [-0.1, -0.05) is 81.7 Å². The van der Waals surface area contributed by atoms with Crippen molar-refractivity contribution >= 4 is 128 Å². The van der Waals surface area contributed by atoms with Crippen LogP contribution in [0.4, 0.5) is 34.0 Å². The summed E-state index contributed by atoms with van der Waals surface area (Å²) < 4.78 is 143. The van der Waals surface area contributed by atoms with Crippen LogP contribution in [-0.4, -0.2) is 118 Å². The van der Waals surface area contributed by atoms with Gasteiger partial charge in [0.05, 0.1) is 29.0 Å². The zero-order chi connectivity index (χ0) is 56.3. The molecule has 0 fully saturated rings. The zero-order valence-electron chi connectivity index (χ0n) is 47.5. The van der Waals surface area contributed by atoms with Gasteiger partial charge in [-0.2, -0.15) is 0 Å². The standard InChI is InChI=1S/2C17H28O2P2.C9H12.CH2Cl2.CH2O.2CH3.12FH.2Rh.2Sb.2H/c2*1-16(2,3)20(7)14-9-12-13(19-11-18-12)10-15(14)21(8)17(4,5)6;1-2-5-9(6-3-1)7-4-8-9;2-1-3;1-2;;;;;;;;;;;;;;;;;;;;/h2*9-10H,11H2,1-8H3;1-2,4,7H,3,5-6,8H2;1H2;1H2;2*1H3;12*1H;;;;;;/q;;;;;2*-1;;;;;;;;;;;;;+2;+6;;+5;;/p-10/t20-,21-;;;;;;;;;;;;;;;;;;;;;;;;/m0......................../s1/i;;;;1D2;;;;;;;;;;;;;;;;;;;;. The van der Waals surface area contributed by atoms with Crippen LogP contribution < -0.4 is 44.9 Å². The monoisotopic (exact) mass is 1600 g/mol. The Labute approximate surface area is 490 Å². The Balaban J connectivity index is -0.000000206. The second-order valence-electron chi connectivity index (χ2n) is 20.3. The van der Waals surface area contributed by atoms with Gasteiger partial charge in [0.1, 0.15) is 20.1 Å². The topological polar surface area (TPSA) is 54.0 Å². The van der Waals surface area contributed by atoms with Crippen molar-refractivity contribution in [3.63, 3.8) is 0 Å². The van der Waals surface area contributed by atoms with Crippen LogP contribution >= 0.6 is 54.9 Å². The Bertz CT molecular complexity index is 1930. The van der Waals surface area contributed by atoms with Crippen molar-refractivity contribution in [2.45, 2.75) is 129 Å². The predicted molar refractivity (Wildman–Crippen MR) is 299 cm³/mol. The maximum absolute atomic E-state index is 11.0. The number of rotatable bonds is 4. The van der Waals surface area contributed by atoms with Gasteiger partial charge in [0.15, 0.2) is 23.0 Å². The minimum absolute atomic E-state index is 0. The van der Waals surface area contributed by atoms with Crippen molar-refractivity contribution in [1.29, 1.82) is 0 Å². The van der Waals surface area contributed by atoms with Crippen LogP contribution in [0.2, 0.25) is 0 Å². The zero-order valence-corrected chi connectivity index (χ0v) is 59.9. The van der Waals surface area contributed by atoms with E-state index < -0.39 is 58.3 Å². The van der Waals surface area contributed by atoms with Gasteiger partial charge in [-0.15, -0.1) is 23.2 Å². The fraction of sp³-hybridized carbons (Fsp3) is 0.596. The third-order valence-corrected chi connectivity index (χ3v) is 24.9. The number of halogens is 14. The van der Waals surface area contributed by atoms with Crippen LogP contribution in [0.3, 0.4) is 0 Å². The summed E-state index contributed by atoms with van der Waals surface area (Å²) >= 11 is -10.6. The Morgan fingerprint density at radius 3 is 1.08 bits per heavy atom. The Morgan fingerprint density at radius 1 is 0.662 bits per heavy atom. The first kappa shape index (κ1) is 81.6. The Kier molecular flexibility index (Phi) is 35.4. The van der Waals surface area contributed by atoms with E-state index in [0.717, 1.165) is 23.0 Å². The number of carbonyl (C=O) groups excluding carboxylic acids is 1. The van der Waals surface area contributed by atoms with E-state index in [0.29, 0.717) is 39.6 Å². The molecule has 5 nitrogen and oxygen atoms in total. The van der Waals surface area contributed by atoms with E-state index in [9.17, 15) is 34.0 Å². The number of benzene rings is 2. The normalized spacial score (nSPS) is 19.2. The van der Waals surface area contributed by atoms with Crippen molar-refractivity contribution in [1.82, 2.24) is 0 Å². The van der Waals surface area contributed by atoms with E-state index in [-0.39, 0.29) is 84.6 Å². The fourth-order valence-electron chi connectivity index (χ4n) is 6.25. The molecule has 0 bridgehead atoms. The molecule has 4 aliphatic rings. The number of fused-ring (bicyclic) bond motifs is 2. The molecule has 2 aromatic carbocycles. The molecule has 2 aromatic rings. The van der Waals surface area contributed by atoms with Crippen molar-refractivity contribution < 1.29 is 100 Å². The molecule has 1 spiro atoms. The third-order valence-electron chi connectivity index (χ3n) is 11.3. The summed E-state index contributed by atoms with van der Waals surface area (Å²) in [4.78, 5) is 8.78. The van der Waals surface area contributed by atoms with Gasteiger partial charge in [0.25, 0.3) is 0 Å². The van der Waals surface area contributed by atoms with E-state index in [1.54, 1.807) is 10.6 Å². The molecular weight excluding hydrogens is 1520 g/mol. The molecule has 27 heteroatoms. The Hall–Kier alpha value is 1.13. The van der Waals surface area contributed by atoms with Crippen molar-refractivity contribution in [3.8, 4) is 23.0 Å². The van der Waals surface area contributed by atoms with Crippen LogP contribution in [0.5, 0.6) is 23.0 Å². The summed E-state index contributed by atoms with van der Waals surface area (Å²) in [5.41, 5.74) is 0.634. The van der Waals surface area contributed by atoms with Crippen LogP contribution in [0.25, 0.3) is 0 Å². The molecule has 2 aliphatic carbocycles. The van der Waals surface area contributed by atoms with Crippen LogP contribution in [0.1, 0.15) is 112 Å². The van der Waals surface area contributed by atoms with Gasteiger partial charge in [-0.3, -0.25) is 0 Å². The van der Waals surface area contributed by atoms with E-state index in [1.807, 2.05) is 0 Å². The number of alkyl halides is 2. The van der Waals surface area contributed by atoms with Crippen LogP contribution in [-0.2, 0) is 39.7 Å². The summed E-state index contributed by atoms with van der Waals surface area (Å²) in [5.74, 6) is 3.71. The van der Waals surface area contributed by atoms with E-state index >= 15 is 0 Å². The Morgan fingerprint density at radius 2 is 0.905 bits per heavy atom. The molecule has 5 atom stereocenters. The van der Waals surface area contributed by atoms with Crippen molar-refractivity contribution in [2.24, 2.45) is 5.41 Å². The van der Waals surface area contributed by atoms with E-state index in [4.69, 9.17) is 49.7 Å². The SMILES string of the molecule is C1=CCC2(C=CC2)CC1.C[P@@](c1cc2c(cc1[P@](C)C(C)(C)C)OCO2)C(C)(C)C.C[PH+](c1cc2c(cc1[PH+](C)C(C)(C)C)OCO2)C(C)(C)C.ClCCl.[2H]C([2H])=O.[CH3-].[CH3-].[F-].[F][Rh]([F])([F])([F])([F])[F].[F][Sb]([F])([F])([F])[F].[Rh+2].[SbH2]. The average Bonchev–Trinajstić information content (AvgIpc) is 3.81. The van der Waals surface area contributed by atoms with Gasteiger partial charge < -0.3 is 43.3 Å². The molecule has 2 heterocycles. The number of hydrogen-bond donors (Lipinski definition) is 0. The first-order chi connectivity index (χ1) is 31.3. The number of hydrogen-bond acceptors (Lipinski definition) is 5. The number of carbonyl (C=O) groups is 1. The summed E-state index contributed by atoms with van der Waals surface area (Å²) in [7, 11) is -1.78. The first-order valence-electron chi connectivity index (χ1n) is 22.1. The minimum atomic E-state index is -11.0. The second-order valence-corrected chi connectivity index (χ2v) is 40.7. The van der Waals surface area contributed by atoms with E-state index in [1.165, 1.54) is 36.3 Å². The van der Waals surface area contributed by atoms with Gasteiger partial charge in [0.2, 0.25) is 13.6 Å². The van der Waals surface area contributed by atoms with E-state index in [2.05, 4.69) is 158 Å². The molecule has 0 saturated heterocycles. The van der Waals surface area contributed by atoms with Crippen LogP contribution in [0, 0.1) is 20.3 Å². The first-order valence-corrected chi connectivity index (χ1v) is 38.3. The van der Waals surface area contributed by atoms with Gasteiger partial charge in [0, 0.05) is 28.0 Å². The summed E-state index contributed by atoms with van der Waals surface area (Å²) in [5, 5.41) is 7.54. The summed E-state index contributed by atoms with van der Waals surface area (Å²) in [6.45, 7) is 37.2. The van der Waals surface area contributed by atoms with Gasteiger partial charge >= 0.3 is 114 Å². The van der Waals surface area contributed by atoms with Crippen molar-refractivity contribution in [3.05, 3.63) is 63.4 Å². The molecule has 0 amide bonds. The van der Waals surface area contributed by atoms with Gasteiger partial charge in [-0.25, -0.2) is 0 Å². The average molecular weight is 1600 g/mol. The molecule has 6 rings (SSSR count). The fourth-order valence-corrected chi connectivity index (χ4v) is 14.4. The summed E-state index contributed by atoms with van der Waals surface area (Å²) in [6, 6.07) is 9.05. The molecule has 0 saturated carbocycles. The number of ether oxygens (including phenoxy) is 4. The predicted octanol–water partition coefficient (Wildman–Crippen LogP) is 13.6. The molecule has 2 radical (unpaired) electrons. The molecule has 74 heavy (non-hydrogen) atoms. The molecule has 0 aromatic heterocycles. The van der Waals surface area contributed by atoms with Crippen molar-refractivity contribution in [2.75, 3.05) is 45.6 Å². The van der Waals surface area contributed by atoms with Crippen LogP contribution in [0.15, 0.2) is 48.6 Å². The molecule has 3 unspecified atom stereocenters.